The summed E-state index contributed by atoms with van der Waals surface area (Å²) in [6.45, 7) is 10.4. The van der Waals surface area contributed by atoms with Crippen LogP contribution >= 0.6 is 23.7 Å². The normalized spacial score (nSPS) is 12.0. The van der Waals surface area contributed by atoms with Crippen LogP contribution in [0.15, 0.2) is 4.79 Å². The van der Waals surface area contributed by atoms with Crippen LogP contribution in [-0.4, -0.2) is 35.0 Å². The lowest BCUT2D eigenvalue weighted by Gasteiger charge is -2.28. The average molecular weight is 345 g/mol. The van der Waals surface area contributed by atoms with Crippen molar-refractivity contribution in [3.63, 3.8) is 0 Å². The first-order valence-electron chi connectivity index (χ1n) is 7.11. The standard InChI is InChI=1S/C15H24N4OS.ClH/c1-9-10(2)21-14-12(9)13(20)17-11(18-14)6-19(5)8-15(3,4)7-16;/h6-8,16H2,1-5H3,(H,17,18,20);1H. The quantitative estimate of drug-likeness (QED) is 0.873. The van der Waals surface area contributed by atoms with Crippen molar-refractivity contribution in [3.05, 3.63) is 26.6 Å². The maximum atomic E-state index is 12.2. The van der Waals surface area contributed by atoms with E-state index in [1.807, 2.05) is 20.9 Å². The van der Waals surface area contributed by atoms with Crippen LogP contribution in [0.2, 0.25) is 0 Å². The molecule has 3 N–H and O–H groups in total. The Labute approximate surface area is 141 Å². The van der Waals surface area contributed by atoms with Crippen molar-refractivity contribution in [1.82, 2.24) is 14.9 Å². The highest BCUT2D eigenvalue weighted by molar-refractivity contribution is 7.18. The summed E-state index contributed by atoms with van der Waals surface area (Å²) in [6.07, 6.45) is 0. The van der Waals surface area contributed by atoms with Gasteiger partial charge in [-0.3, -0.25) is 9.69 Å². The molecule has 2 rings (SSSR count). The number of hydrogen-bond acceptors (Lipinski definition) is 5. The molecule has 0 radical (unpaired) electrons. The van der Waals surface area contributed by atoms with Crippen LogP contribution in [0.5, 0.6) is 0 Å². The van der Waals surface area contributed by atoms with Crippen LogP contribution in [0, 0.1) is 19.3 Å². The number of aromatic nitrogens is 2. The van der Waals surface area contributed by atoms with Gasteiger partial charge in [0.25, 0.3) is 5.56 Å². The monoisotopic (exact) mass is 344 g/mol. The minimum absolute atomic E-state index is 0. The lowest BCUT2D eigenvalue weighted by molar-refractivity contribution is 0.206. The Bertz CT molecular complexity index is 707. The summed E-state index contributed by atoms with van der Waals surface area (Å²) in [7, 11) is 2.02. The highest BCUT2D eigenvalue weighted by Crippen LogP contribution is 2.25. The minimum Gasteiger partial charge on any atom is -0.330 e. The Morgan fingerprint density at radius 1 is 1.36 bits per heavy atom. The first-order chi connectivity index (χ1) is 9.73. The molecule has 124 valence electrons. The molecule has 0 atom stereocenters. The smallest absolute Gasteiger partial charge is 0.259 e. The number of hydrogen-bond donors (Lipinski definition) is 2. The van der Waals surface area contributed by atoms with Gasteiger partial charge in [0.2, 0.25) is 0 Å². The average Bonchev–Trinajstić information content (AvgIpc) is 2.64. The van der Waals surface area contributed by atoms with Gasteiger partial charge < -0.3 is 10.7 Å². The number of aryl methyl sites for hydroxylation is 2. The summed E-state index contributed by atoms with van der Waals surface area (Å²) in [4.78, 5) is 23.9. The predicted molar refractivity (Wildman–Crippen MR) is 96.1 cm³/mol. The molecule has 0 bridgehead atoms. The molecule has 5 nitrogen and oxygen atoms in total. The Morgan fingerprint density at radius 3 is 2.59 bits per heavy atom. The fourth-order valence-electron chi connectivity index (χ4n) is 2.48. The molecule has 0 fully saturated rings. The van der Waals surface area contributed by atoms with Crippen molar-refractivity contribution in [3.8, 4) is 0 Å². The largest absolute Gasteiger partial charge is 0.330 e. The Balaban J connectivity index is 0.00000242. The van der Waals surface area contributed by atoms with Gasteiger partial charge in [-0.05, 0) is 38.4 Å². The molecule has 22 heavy (non-hydrogen) atoms. The SMILES string of the molecule is Cc1sc2nc(CN(C)CC(C)(C)CN)[nH]c(=O)c2c1C.Cl. The maximum Gasteiger partial charge on any atom is 0.259 e. The number of fused-ring (bicyclic) bond motifs is 1. The van der Waals surface area contributed by atoms with Gasteiger partial charge in [0, 0.05) is 11.4 Å². The van der Waals surface area contributed by atoms with Gasteiger partial charge in [-0.1, -0.05) is 13.8 Å². The molecule has 0 spiro atoms. The number of halogens is 1. The summed E-state index contributed by atoms with van der Waals surface area (Å²) in [5.41, 5.74) is 6.81. The third-order valence-corrected chi connectivity index (χ3v) is 4.86. The summed E-state index contributed by atoms with van der Waals surface area (Å²) >= 11 is 1.58. The molecule has 2 heterocycles. The zero-order valence-corrected chi connectivity index (χ0v) is 15.5. The molecule has 0 aliphatic carbocycles. The lowest BCUT2D eigenvalue weighted by Crippen LogP contribution is -2.37. The first-order valence-corrected chi connectivity index (χ1v) is 7.92. The summed E-state index contributed by atoms with van der Waals surface area (Å²) in [5, 5.41) is 0.728. The molecule has 0 unspecified atom stereocenters. The third kappa shape index (κ3) is 4.07. The van der Waals surface area contributed by atoms with Crippen LogP contribution in [0.3, 0.4) is 0 Å². The van der Waals surface area contributed by atoms with E-state index in [2.05, 4.69) is 28.7 Å². The van der Waals surface area contributed by atoms with E-state index < -0.39 is 0 Å². The van der Waals surface area contributed by atoms with Crippen molar-refractivity contribution < 1.29 is 0 Å². The number of thiophene rings is 1. The van der Waals surface area contributed by atoms with Crippen LogP contribution in [0.25, 0.3) is 10.2 Å². The number of rotatable bonds is 5. The first kappa shape index (κ1) is 19.1. The molecule has 2 aromatic rings. The number of nitrogens with zero attached hydrogens (tertiary/aromatic N) is 2. The van der Waals surface area contributed by atoms with E-state index in [4.69, 9.17) is 5.73 Å². The van der Waals surface area contributed by atoms with Crippen molar-refractivity contribution in [2.75, 3.05) is 20.1 Å². The van der Waals surface area contributed by atoms with Gasteiger partial charge in [0.15, 0.2) is 0 Å². The van der Waals surface area contributed by atoms with Crippen molar-refractivity contribution in [1.29, 1.82) is 0 Å². The van der Waals surface area contributed by atoms with E-state index in [0.29, 0.717) is 18.9 Å². The second-order valence-electron chi connectivity index (χ2n) is 6.52. The highest BCUT2D eigenvalue weighted by atomic mass is 35.5. The van der Waals surface area contributed by atoms with Gasteiger partial charge in [-0.2, -0.15) is 0 Å². The predicted octanol–water partition coefficient (Wildman–Crippen LogP) is 2.44. The minimum atomic E-state index is -0.0386. The van der Waals surface area contributed by atoms with Gasteiger partial charge in [0.1, 0.15) is 10.7 Å². The second-order valence-corrected chi connectivity index (χ2v) is 7.72. The van der Waals surface area contributed by atoms with Crippen LogP contribution in [0.1, 0.15) is 30.1 Å². The van der Waals surface area contributed by atoms with Gasteiger partial charge in [-0.15, -0.1) is 23.7 Å². The fourth-order valence-corrected chi connectivity index (χ4v) is 3.53. The molecular formula is C15H25ClN4OS. The van der Waals surface area contributed by atoms with E-state index in [1.54, 1.807) is 11.3 Å². The molecule has 7 heteroatoms. The highest BCUT2D eigenvalue weighted by Gasteiger charge is 2.19. The van der Waals surface area contributed by atoms with Crippen LogP contribution in [0.4, 0.5) is 0 Å². The topological polar surface area (TPSA) is 75.0 Å². The Hall–Kier alpha value is -0.950. The van der Waals surface area contributed by atoms with Gasteiger partial charge >= 0.3 is 0 Å². The number of H-pyrrole nitrogens is 1. The zero-order valence-electron chi connectivity index (χ0n) is 13.8. The summed E-state index contributed by atoms with van der Waals surface area (Å²) in [5.74, 6) is 0.712. The van der Waals surface area contributed by atoms with E-state index in [-0.39, 0.29) is 23.4 Å². The molecular weight excluding hydrogens is 320 g/mol. The van der Waals surface area contributed by atoms with Crippen molar-refractivity contribution >= 4 is 34.0 Å². The maximum absolute atomic E-state index is 12.2. The van der Waals surface area contributed by atoms with Gasteiger partial charge in [0.05, 0.1) is 11.9 Å². The second kappa shape index (κ2) is 7.08. The summed E-state index contributed by atoms with van der Waals surface area (Å²) in [6, 6.07) is 0. The van der Waals surface area contributed by atoms with Crippen LogP contribution < -0.4 is 11.3 Å². The molecule has 0 saturated carbocycles. The van der Waals surface area contributed by atoms with E-state index >= 15 is 0 Å². The Morgan fingerprint density at radius 2 is 2.00 bits per heavy atom. The van der Waals surface area contributed by atoms with Crippen molar-refractivity contribution in [2.24, 2.45) is 11.1 Å². The van der Waals surface area contributed by atoms with E-state index in [0.717, 1.165) is 27.2 Å². The molecule has 0 amide bonds. The molecule has 0 aliphatic heterocycles. The molecule has 0 aliphatic rings. The number of aromatic amines is 1. The third-order valence-electron chi connectivity index (χ3n) is 3.76. The Kier molecular flexibility index (Phi) is 6.15. The molecule has 0 aromatic carbocycles. The molecule has 2 aromatic heterocycles. The summed E-state index contributed by atoms with van der Waals surface area (Å²) < 4.78 is 0. The van der Waals surface area contributed by atoms with Gasteiger partial charge in [-0.25, -0.2) is 4.98 Å². The number of nitrogens with one attached hydrogen (secondary N) is 1. The van der Waals surface area contributed by atoms with Crippen LogP contribution in [-0.2, 0) is 6.54 Å². The molecule has 0 saturated heterocycles. The number of nitrogens with two attached hydrogens (primary N) is 1. The zero-order chi connectivity index (χ0) is 15.8. The van der Waals surface area contributed by atoms with Crippen molar-refractivity contribution in [2.45, 2.75) is 34.2 Å². The van der Waals surface area contributed by atoms with E-state index in [1.165, 1.54) is 0 Å². The lowest BCUT2D eigenvalue weighted by atomic mass is 9.93. The fraction of sp³-hybridized carbons (Fsp3) is 0.600. The van der Waals surface area contributed by atoms with E-state index in [9.17, 15) is 4.79 Å².